The average molecular weight is 210 g/mol. The van der Waals surface area contributed by atoms with Crippen molar-refractivity contribution in [3.05, 3.63) is 23.9 Å². The van der Waals surface area contributed by atoms with Crippen LogP contribution in [0.2, 0.25) is 0 Å². The molecule has 4 heteroatoms. The van der Waals surface area contributed by atoms with Gasteiger partial charge in [0.25, 0.3) is 0 Å². The number of aliphatic hydroxyl groups excluding tert-OH is 2. The van der Waals surface area contributed by atoms with Crippen molar-refractivity contribution in [2.24, 2.45) is 0 Å². The molecule has 1 rings (SSSR count). The molecule has 15 heavy (non-hydrogen) atoms. The second kappa shape index (κ2) is 5.68. The lowest BCUT2D eigenvalue weighted by atomic mass is 10.1. The molecular weight excluding hydrogens is 192 g/mol. The maximum atomic E-state index is 9.59. The minimum absolute atomic E-state index is 0.0870. The molecule has 0 unspecified atom stereocenters. The molecule has 84 valence electrons. The summed E-state index contributed by atoms with van der Waals surface area (Å²) in [5.74, 6) is 0.754. The molecule has 0 amide bonds. The van der Waals surface area contributed by atoms with Crippen LogP contribution in [0.5, 0.6) is 0 Å². The molecule has 0 saturated heterocycles. The van der Waals surface area contributed by atoms with Gasteiger partial charge in [-0.05, 0) is 19.9 Å². The largest absolute Gasteiger partial charge is 0.395 e. The van der Waals surface area contributed by atoms with Crippen molar-refractivity contribution in [2.45, 2.75) is 20.0 Å². The van der Waals surface area contributed by atoms with Gasteiger partial charge in [-0.2, -0.15) is 0 Å². The number of hydrogen-bond donors (Lipinski definition) is 2. The van der Waals surface area contributed by atoms with Gasteiger partial charge in [0.15, 0.2) is 0 Å². The van der Waals surface area contributed by atoms with Crippen LogP contribution in [0.3, 0.4) is 0 Å². The van der Waals surface area contributed by atoms with Crippen LogP contribution >= 0.6 is 0 Å². The zero-order chi connectivity index (χ0) is 11.3. The van der Waals surface area contributed by atoms with Gasteiger partial charge >= 0.3 is 0 Å². The molecule has 0 radical (unpaired) electrons. The van der Waals surface area contributed by atoms with Crippen molar-refractivity contribution in [1.82, 2.24) is 4.98 Å². The standard InChI is InChI=1S/C11H18N2O2/c1-3-13(7-8-14)11-10(9(2)15)5-4-6-12-11/h4-6,9,14-15H,3,7-8H2,1-2H3/t9-/m0/s1. The van der Waals surface area contributed by atoms with E-state index in [0.29, 0.717) is 6.54 Å². The van der Waals surface area contributed by atoms with Gasteiger partial charge < -0.3 is 15.1 Å². The summed E-state index contributed by atoms with van der Waals surface area (Å²) in [5.41, 5.74) is 0.799. The molecule has 1 aromatic heterocycles. The number of aromatic nitrogens is 1. The Bertz CT molecular complexity index is 302. The first-order valence-corrected chi connectivity index (χ1v) is 5.19. The molecule has 0 bridgehead atoms. The van der Waals surface area contributed by atoms with E-state index in [2.05, 4.69) is 4.98 Å². The third-order valence-corrected chi connectivity index (χ3v) is 2.32. The molecule has 1 atom stereocenters. The van der Waals surface area contributed by atoms with Crippen LogP contribution in [-0.4, -0.2) is 34.9 Å². The molecule has 0 aliphatic rings. The maximum Gasteiger partial charge on any atom is 0.134 e. The minimum Gasteiger partial charge on any atom is -0.395 e. The quantitative estimate of drug-likeness (QED) is 0.760. The van der Waals surface area contributed by atoms with Crippen LogP contribution in [0.1, 0.15) is 25.5 Å². The fourth-order valence-corrected chi connectivity index (χ4v) is 1.53. The summed E-state index contributed by atoms with van der Waals surface area (Å²) >= 11 is 0. The molecule has 0 aromatic carbocycles. The Kier molecular flexibility index (Phi) is 4.52. The molecule has 4 nitrogen and oxygen atoms in total. The molecular formula is C11H18N2O2. The smallest absolute Gasteiger partial charge is 0.134 e. The van der Waals surface area contributed by atoms with E-state index < -0.39 is 6.10 Å². The number of nitrogens with zero attached hydrogens (tertiary/aromatic N) is 2. The molecule has 0 fully saturated rings. The highest BCUT2D eigenvalue weighted by Gasteiger charge is 2.13. The lowest BCUT2D eigenvalue weighted by Crippen LogP contribution is -2.28. The number of hydrogen-bond acceptors (Lipinski definition) is 4. The Morgan fingerprint density at radius 2 is 2.27 bits per heavy atom. The first kappa shape index (κ1) is 11.9. The van der Waals surface area contributed by atoms with Crippen molar-refractivity contribution >= 4 is 5.82 Å². The number of anilines is 1. The summed E-state index contributed by atoms with van der Waals surface area (Å²) in [5, 5.41) is 18.5. The van der Waals surface area contributed by atoms with E-state index in [1.54, 1.807) is 19.2 Å². The molecule has 0 aliphatic heterocycles. The lowest BCUT2D eigenvalue weighted by molar-refractivity contribution is 0.199. The predicted octanol–water partition coefficient (Wildman–Crippen LogP) is 0.953. The fourth-order valence-electron chi connectivity index (χ4n) is 1.53. The zero-order valence-corrected chi connectivity index (χ0v) is 9.22. The van der Waals surface area contributed by atoms with E-state index in [1.807, 2.05) is 17.9 Å². The SMILES string of the molecule is CCN(CCO)c1ncccc1[C@H](C)O. The monoisotopic (exact) mass is 210 g/mol. The van der Waals surface area contributed by atoms with Gasteiger partial charge in [-0.1, -0.05) is 6.07 Å². The summed E-state index contributed by atoms with van der Waals surface area (Å²) in [4.78, 5) is 6.19. The van der Waals surface area contributed by atoms with Crippen LogP contribution < -0.4 is 4.90 Å². The fraction of sp³-hybridized carbons (Fsp3) is 0.545. The second-order valence-corrected chi connectivity index (χ2v) is 3.40. The van der Waals surface area contributed by atoms with Crippen LogP contribution in [0.4, 0.5) is 5.82 Å². The first-order valence-electron chi connectivity index (χ1n) is 5.19. The molecule has 0 saturated carbocycles. The Hall–Kier alpha value is -1.13. The van der Waals surface area contributed by atoms with Crippen molar-refractivity contribution < 1.29 is 10.2 Å². The Labute approximate surface area is 90.2 Å². The van der Waals surface area contributed by atoms with Crippen LogP contribution in [0.15, 0.2) is 18.3 Å². The number of aliphatic hydroxyl groups is 2. The van der Waals surface area contributed by atoms with E-state index in [0.717, 1.165) is 17.9 Å². The van der Waals surface area contributed by atoms with Gasteiger partial charge in [0, 0.05) is 24.8 Å². The molecule has 0 aliphatic carbocycles. The lowest BCUT2D eigenvalue weighted by Gasteiger charge is -2.24. The Morgan fingerprint density at radius 3 is 2.80 bits per heavy atom. The highest BCUT2D eigenvalue weighted by Crippen LogP contribution is 2.22. The van der Waals surface area contributed by atoms with Crippen molar-refractivity contribution in [2.75, 3.05) is 24.6 Å². The Morgan fingerprint density at radius 1 is 1.53 bits per heavy atom. The number of pyridine rings is 1. The highest BCUT2D eigenvalue weighted by atomic mass is 16.3. The average Bonchev–Trinajstić information content (AvgIpc) is 2.26. The number of rotatable bonds is 5. The molecule has 2 N–H and O–H groups in total. The van der Waals surface area contributed by atoms with Gasteiger partial charge in [-0.3, -0.25) is 0 Å². The van der Waals surface area contributed by atoms with Gasteiger partial charge in [-0.15, -0.1) is 0 Å². The number of likely N-dealkylation sites (N-methyl/N-ethyl adjacent to an activating group) is 1. The predicted molar refractivity (Wildman–Crippen MR) is 59.8 cm³/mol. The van der Waals surface area contributed by atoms with E-state index in [-0.39, 0.29) is 6.61 Å². The van der Waals surface area contributed by atoms with Gasteiger partial charge in [0.2, 0.25) is 0 Å². The van der Waals surface area contributed by atoms with E-state index in [4.69, 9.17) is 5.11 Å². The van der Waals surface area contributed by atoms with Gasteiger partial charge in [0.1, 0.15) is 5.82 Å². The second-order valence-electron chi connectivity index (χ2n) is 3.40. The summed E-state index contributed by atoms with van der Waals surface area (Å²) in [7, 11) is 0. The van der Waals surface area contributed by atoms with E-state index in [9.17, 15) is 5.11 Å². The topological polar surface area (TPSA) is 56.6 Å². The van der Waals surface area contributed by atoms with E-state index >= 15 is 0 Å². The normalized spacial score (nSPS) is 12.5. The summed E-state index contributed by atoms with van der Waals surface area (Å²) in [6.07, 6.45) is 1.16. The van der Waals surface area contributed by atoms with Gasteiger partial charge in [-0.25, -0.2) is 4.98 Å². The third kappa shape index (κ3) is 2.91. The minimum atomic E-state index is -0.540. The maximum absolute atomic E-state index is 9.59. The van der Waals surface area contributed by atoms with Crippen LogP contribution in [0, 0.1) is 0 Å². The summed E-state index contributed by atoms with van der Waals surface area (Å²) in [6, 6.07) is 3.66. The van der Waals surface area contributed by atoms with Crippen molar-refractivity contribution in [1.29, 1.82) is 0 Å². The molecule has 1 heterocycles. The van der Waals surface area contributed by atoms with Gasteiger partial charge in [0.05, 0.1) is 12.7 Å². The van der Waals surface area contributed by atoms with Crippen LogP contribution in [0.25, 0.3) is 0 Å². The molecule has 0 spiro atoms. The third-order valence-electron chi connectivity index (χ3n) is 2.32. The summed E-state index contributed by atoms with van der Waals surface area (Å²) < 4.78 is 0. The van der Waals surface area contributed by atoms with E-state index in [1.165, 1.54) is 0 Å². The van der Waals surface area contributed by atoms with Crippen molar-refractivity contribution in [3.63, 3.8) is 0 Å². The molecule has 1 aromatic rings. The summed E-state index contributed by atoms with van der Waals surface area (Å²) in [6.45, 7) is 5.09. The zero-order valence-electron chi connectivity index (χ0n) is 9.22. The van der Waals surface area contributed by atoms with Crippen LogP contribution in [-0.2, 0) is 0 Å². The highest BCUT2D eigenvalue weighted by molar-refractivity contribution is 5.47. The Balaban J connectivity index is 2.99. The van der Waals surface area contributed by atoms with Crippen molar-refractivity contribution in [3.8, 4) is 0 Å². The first-order chi connectivity index (χ1) is 7.20.